The molecule has 0 aromatic carbocycles. The number of rotatable bonds is 4. The summed E-state index contributed by atoms with van der Waals surface area (Å²) in [6, 6.07) is 0. The van der Waals surface area contributed by atoms with Gasteiger partial charge in [0.25, 0.3) is 0 Å². The Labute approximate surface area is 95.1 Å². The third kappa shape index (κ3) is 5.41. The van der Waals surface area contributed by atoms with E-state index in [4.69, 9.17) is 5.73 Å². The average molecular weight is 242 g/mol. The molecule has 0 unspecified atom stereocenters. The molecule has 13 heavy (non-hydrogen) atoms. The zero-order valence-corrected chi connectivity index (χ0v) is 9.72. The van der Waals surface area contributed by atoms with Crippen molar-refractivity contribution in [3.8, 4) is 0 Å². The molecule has 1 rings (SSSR count). The number of nitrogens with two attached hydrogens (primary N) is 1. The van der Waals surface area contributed by atoms with Gasteiger partial charge in [-0.3, -0.25) is 0 Å². The van der Waals surface area contributed by atoms with Crippen molar-refractivity contribution < 1.29 is 24.8 Å². The lowest BCUT2D eigenvalue weighted by Gasteiger charge is -1.96. The summed E-state index contributed by atoms with van der Waals surface area (Å²) in [5, 5.41) is 0. The highest BCUT2D eigenvalue weighted by Gasteiger charge is 1.98. The van der Waals surface area contributed by atoms with E-state index in [1.54, 1.807) is 6.33 Å². The number of halogens is 2. The molecular weight excluding hydrogens is 229 g/mol. The summed E-state index contributed by atoms with van der Waals surface area (Å²) in [6.45, 7) is 2.78. The van der Waals surface area contributed by atoms with Gasteiger partial charge in [0.2, 0.25) is 0 Å². The Morgan fingerprint density at radius 3 is 2.69 bits per heavy atom. The molecule has 3 nitrogen and oxygen atoms in total. The predicted molar refractivity (Wildman–Crippen MR) is 48.5 cm³/mol. The first-order valence-electron chi connectivity index (χ1n) is 3.61. The quantitative estimate of drug-likeness (QED) is 0.519. The highest BCUT2D eigenvalue weighted by atomic mass is 35.5. The van der Waals surface area contributed by atoms with Gasteiger partial charge in [0.1, 0.15) is 0 Å². The lowest BCUT2D eigenvalue weighted by atomic mass is 10.4. The number of thioether (sulfide) groups is 1. The van der Waals surface area contributed by atoms with Crippen molar-refractivity contribution in [1.82, 2.24) is 9.97 Å². The van der Waals surface area contributed by atoms with E-state index in [1.165, 1.54) is 0 Å². The second kappa shape index (κ2) is 8.69. The Morgan fingerprint density at radius 2 is 2.23 bits per heavy atom. The van der Waals surface area contributed by atoms with E-state index < -0.39 is 0 Å². The van der Waals surface area contributed by atoms with Gasteiger partial charge in [0, 0.05) is 23.7 Å². The number of imidazole rings is 1. The molecule has 0 saturated heterocycles. The topological polar surface area (TPSA) is 54.7 Å². The Morgan fingerprint density at radius 1 is 1.54 bits per heavy atom. The maximum Gasteiger partial charge on any atom is 0.0925 e. The van der Waals surface area contributed by atoms with Gasteiger partial charge in [-0.1, -0.05) is 0 Å². The minimum atomic E-state index is 0. The number of aryl methyl sites for hydroxylation is 1. The molecule has 0 saturated carbocycles. The van der Waals surface area contributed by atoms with Crippen molar-refractivity contribution in [2.75, 3.05) is 12.3 Å². The number of aromatic amines is 1. The molecule has 0 aliphatic rings. The van der Waals surface area contributed by atoms with Gasteiger partial charge in [-0.2, -0.15) is 11.8 Å². The largest absolute Gasteiger partial charge is 1.00 e. The second-order valence-corrected chi connectivity index (χ2v) is 3.42. The van der Waals surface area contributed by atoms with Crippen LogP contribution in [-0.2, 0) is 5.75 Å². The molecule has 0 bridgehead atoms. The second-order valence-electron chi connectivity index (χ2n) is 2.32. The van der Waals surface area contributed by atoms with Crippen LogP contribution < -0.4 is 30.5 Å². The zero-order valence-electron chi connectivity index (χ0n) is 7.39. The summed E-state index contributed by atoms with van der Waals surface area (Å²) in [4.78, 5) is 7.21. The zero-order chi connectivity index (χ0) is 8.10. The average Bonchev–Trinajstić information content (AvgIpc) is 2.37. The summed E-state index contributed by atoms with van der Waals surface area (Å²) in [7, 11) is 0. The molecule has 1 aromatic heterocycles. The molecule has 0 amide bonds. The molecule has 3 N–H and O–H groups in total. The van der Waals surface area contributed by atoms with Crippen LogP contribution in [0.3, 0.4) is 0 Å². The molecule has 0 spiro atoms. The fourth-order valence-electron chi connectivity index (χ4n) is 0.785. The van der Waals surface area contributed by atoms with Crippen LogP contribution in [0.1, 0.15) is 11.4 Å². The smallest absolute Gasteiger partial charge is 0.0925 e. The molecule has 0 aliphatic carbocycles. The molecular formula is C7H13Cl2N3S-2. The van der Waals surface area contributed by atoms with Crippen LogP contribution in [0.5, 0.6) is 0 Å². The van der Waals surface area contributed by atoms with E-state index in [0.717, 1.165) is 29.4 Å². The Balaban J connectivity index is 0. The van der Waals surface area contributed by atoms with Crippen LogP contribution in [-0.4, -0.2) is 22.3 Å². The van der Waals surface area contributed by atoms with Gasteiger partial charge in [0.05, 0.1) is 12.0 Å². The number of hydrogen-bond acceptors (Lipinski definition) is 3. The number of aromatic nitrogens is 2. The maximum atomic E-state index is 5.36. The van der Waals surface area contributed by atoms with Crippen molar-refractivity contribution in [2.45, 2.75) is 12.7 Å². The minimum absolute atomic E-state index is 0. The van der Waals surface area contributed by atoms with Gasteiger partial charge < -0.3 is 35.5 Å². The van der Waals surface area contributed by atoms with E-state index in [-0.39, 0.29) is 24.8 Å². The van der Waals surface area contributed by atoms with E-state index in [0.29, 0.717) is 0 Å². The fourth-order valence-corrected chi connectivity index (χ4v) is 1.58. The molecule has 1 aromatic rings. The molecule has 0 radical (unpaired) electrons. The van der Waals surface area contributed by atoms with Gasteiger partial charge in [0.15, 0.2) is 0 Å². The van der Waals surface area contributed by atoms with Gasteiger partial charge in [-0.05, 0) is 6.92 Å². The molecule has 0 aliphatic heterocycles. The highest BCUT2D eigenvalue weighted by molar-refractivity contribution is 7.98. The number of nitrogens with zero attached hydrogens (tertiary/aromatic N) is 1. The minimum Gasteiger partial charge on any atom is -1.00 e. The first kappa shape index (κ1) is 15.6. The van der Waals surface area contributed by atoms with Crippen LogP contribution in [0.15, 0.2) is 6.33 Å². The fraction of sp³-hybridized carbons (Fsp3) is 0.571. The number of hydrogen-bond donors (Lipinski definition) is 2. The third-order valence-electron chi connectivity index (χ3n) is 1.44. The molecule has 0 fully saturated rings. The van der Waals surface area contributed by atoms with Crippen LogP contribution in [0.2, 0.25) is 0 Å². The number of H-pyrrole nitrogens is 1. The van der Waals surface area contributed by atoms with Gasteiger partial charge >= 0.3 is 0 Å². The van der Waals surface area contributed by atoms with E-state index in [1.807, 2.05) is 18.7 Å². The Bertz CT molecular complexity index is 217. The summed E-state index contributed by atoms with van der Waals surface area (Å²) < 4.78 is 0. The number of nitrogens with one attached hydrogen (secondary N) is 1. The molecule has 6 heteroatoms. The van der Waals surface area contributed by atoms with Gasteiger partial charge in [-0.25, -0.2) is 4.98 Å². The summed E-state index contributed by atoms with van der Waals surface area (Å²) in [6.07, 6.45) is 1.73. The normalized spacial score (nSPS) is 8.77. The van der Waals surface area contributed by atoms with E-state index >= 15 is 0 Å². The van der Waals surface area contributed by atoms with Crippen LogP contribution >= 0.6 is 11.8 Å². The van der Waals surface area contributed by atoms with Crippen molar-refractivity contribution >= 4 is 11.8 Å². The molecule has 78 valence electrons. The standard InChI is InChI=1S/C7H13N3S.2ClH/c1-6-7(10-5-9-6)4-11-3-2-8;;/h5H,2-4,8H2,1H3,(H,9,10);2*1H/p-2. The third-order valence-corrected chi connectivity index (χ3v) is 2.44. The monoisotopic (exact) mass is 241 g/mol. The summed E-state index contributed by atoms with van der Waals surface area (Å²) in [5.74, 6) is 1.97. The Kier molecular flexibility index (Phi) is 10.4. The van der Waals surface area contributed by atoms with E-state index in [9.17, 15) is 0 Å². The lowest BCUT2D eigenvalue weighted by Crippen LogP contribution is -3.00. The van der Waals surface area contributed by atoms with Crippen molar-refractivity contribution in [1.29, 1.82) is 0 Å². The first-order chi connectivity index (χ1) is 5.34. The molecule has 0 atom stereocenters. The Hall–Kier alpha value is 0.1000. The molecule has 1 heterocycles. The van der Waals surface area contributed by atoms with Crippen molar-refractivity contribution in [3.63, 3.8) is 0 Å². The summed E-state index contributed by atoms with van der Waals surface area (Å²) >= 11 is 1.82. The van der Waals surface area contributed by atoms with Crippen LogP contribution in [0.25, 0.3) is 0 Å². The van der Waals surface area contributed by atoms with Crippen molar-refractivity contribution in [2.24, 2.45) is 5.73 Å². The predicted octanol–water partition coefficient (Wildman–Crippen LogP) is -5.08. The van der Waals surface area contributed by atoms with Gasteiger partial charge in [-0.15, -0.1) is 0 Å². The lowest BCUT2D eigenvalue weighted by molar-refractivity contribution is -0.001000. The van der Waals surface area contributed by atoms with Crippen LogP contribution in [0.4, 0.5) is 0 Å². The van der Waals surface area contributed by atoms with Crippen molar-refractivity contribution in [3.05, 3.63) is 17.7 Å². The van der Waals surface area contributed by atoms with E-state index in [2.05, 4.69) is 9.97 Å². The van der Waals surface area contributed by atoms with Crippen LogP contribution in [0, 0.1) is 6.92 Å². The summed E-state index contributed by atoms with van der Waals surface area (Å²) in [5.41, 5.74) is 7.66. The SMILES string of the molecule is Cc1[nH]cnc1CSCCN.[Cl-].[Cl-]. The first-order valence-corrected chi connectivity index (χ1v) is 4.76. The highest BCUT2D eigenvalue weighted by Crippen LogP contribution is 2.10. The maximum absolute atomic E-state index is 5.36.